The van der Waals surface area contributed by atoms with Crippen LogP contribution >= 0.6 is 27.5 Å². The molecule has 0 amide bonds. The number of hydrogen-bond acceptors (Lipinski definition) is 5. The molecule has 4 N–H and O–H groups in total. The number of nitrogens with one attached hydrogen (secondary N) is 1. The number of rotatable bonds is 6. The summed E-state index contributed by atoms with van der Waals surface area (Å²) in [6.45, 7) is 0. The molecule has 0 spiro atoms. The van der Waals surface area contributed by atoms with Crippen LogP contribution in [0.15, 0.2) is 40.9 Å². The Balaban J connectivity index is 2.19. The van der Waals surface area contributed by atoms with Gasteiger partial charge in [-0.05, 0) is 46.3 Å². The number of hydrogen-bond donors (Lipinski definition) is 4. The van der Waals surface area contributed by atoms with Crippen molar-refractivity contribution in [1.82, 2.24) is 0 Å². The summed E-state index contributed by atoms with van der Waals surface area (Å²) in [6.07, 6.45) is -1.43. The summed E-state index contributed by atoms with van der Waals surface area (Å²) < 4.78 is 26.9. The maximum absolute atomic E-state index is 12.2. The number of anilines is 1. The van der Waals surface area contributed by atoms with Crippen LogP contribution in [-0.4, -0.2) is 35.5 Å². The van der Waals surface area contributed by atoms with Crippen molar-refractivity contribution in [3.63, 3.8) is 0 Å². The van der Waals surface area contributed by atoms with E-state index >= 15 is 0 Å². The maximum atomic E-state index is 12.2. The fourth-order valence-corrected chi connectivity index (χ4v) is 3.94. The molecular formula is C15H13BrClNO6S. The fraction of sp³-hybridized carbons (Fsp3) is 0.133. The lowest BCUT2D eigenvalue weighted by Crippen LogP contribution is -2.22. The number of phenolic OH excluding ortho intramolecular Hbond substituents is 1. The van der Waals surface area contributed by atoms with Crippen molar-refractivity contribution in [3.8, 4) is 5.75 Å². The Morgan fingerprint density at radius 3 is 2.52 bits per heavy atom. The van der Waals surface area contributed by atoms with E-state index < -0.39 is 27.8 Å². The van der Waals surface area contributed by atoms with Gasteiger partial charge in [0.25, 0.3) is 0 Å². The number of halogens is 2. The number of benzene rings is 2. The molecule has 10 heteroatoms. The molecule has 0 saturated carbocycles. The van der Waals surface area contributed by atoms with E-state index in [9.17, 15) is 23.4 Å². The lowest BCUT2D eigenvalue weighted by atomic mass is 10.1. The maximum Gasteiger partial charge on any atom is 0.336 e. The molecule has 0 aliphatic heterocycles. The highest BCUT2D eigenvalue weighted by molar-refractivity contribution is 9.10. The summed E-state index contributed by atoms with van der Waals surface area (Å²) in [7, 11) is -3.99. The van der Waals surface area contributed by atoms with Crippen molar-refractivity contribution in [2.75, 3.05) is 10.5 Å². The van der Waals surface area contributed by atoms with E-state index in [1.165, 1.54) is 30.3 Å². The predicted molar refractivity (Wildman–Crippen MR) is 96.6 cm³/mol. The first-order valence-corrected chi connectivity index (χ1v) is 9.61. The zero-order chi connectivity index (χ0) is 18.8. The molecule has 0 heterocycles. The van der Waals surface area contributed by atoms with Gasteiger partial charge in [-0.15, -0.1) is 0 Å². The molecule has 0 aliphatic rings. The second kappa shape index (κ2) is 7.61. The lowest BCUT2D eigenvalue weighted by molar-refractivity contribution is 0.0696. The number of aromatic hydroxyl groups is 1. The third-order valence-corrected chi connectivity index (χ3v) is 5.51. The number of aliphatic hydroxyl groups excluding tert-OH is 1. The summed E-state index contributed by atoms with van der Waals surface area (Å²) in [4.78, 5) is 11.1. The molecule has 0 unspecified atom stereocenters. The third kappa shape index (κ3) is 5.08. The molecule has 7 nitrogen and oxygen atoms in total. The summed E-state index contributed by atoms with van der Waals surface area (Å²) in [5, 5.41) is 28.5. The summed E-state index contributed by atoms with van der Waals surface area (Å²) in [5.41, 5.74) is 0.0822. The lowest BCUT2D eigenvalue weighted by Gasteiger charge is -2.15. The number of phenols is 1. The van der Waals surface area contributed by atoms with Gasteiger partial charge in [0.15, 0.2) is 0 Å². The fourth-order valence-electron chi connectivity index (χ4n) is 2.06. The van der Waals surface area contributed by atoms with Gasteiger partial charge in [0.1, 0.15) is 5.75 Å². The van der Waals surface area contributed by atoms with Gasteiger partial charge in [-0.2, -0.15) is 0 Å². The van der Waals surface area contributed by atoms with Crippen LogP contribution in [-0.2, 0) is 10.0 Å². The molecule has 0 fully saturated rings. The highest BCUT2D eigenvalue weighted by Gasteiger charge is 2.21. The summed E-state index contributed by atoms with van der Waals surface area (Å²) in [6, 6.07) is 7.72. The van der Waals surface area contributed by atoms with E-state index in [2.05, 4.69) is 20.7 Å². The monoisotopic (exact) mass is 449 g/mol. The molecule has 134 valence electrons. The highest BCUT2D eigenvalue weighted by atomic mass is 79.9. The van der Waals surface area contributed by atoms with Crippen molar-refractivity contribution in [3.05, 3.63) is 57.0 Å². The van der Waals surface area contributed by atoms with E-state index in [1.807, 2.05) is 0 Å². The van der Waals surface area contributed by atoms with Gasteiger partial charge in [0, 0.05) is 15.7 Å². The van der Waals surface area contributed by atoms with Gasteiger partial charge in [-0.3, -0.25) is 4.72 Å². The van der Waals surface area contributed by atoms with E-state index in [0.717, 1.165) is 6.07 Å². The standard InChI is InChI=1S/C15H13BrClNO6S/c16-12-4-1-8(5-11(12)15(21)22)18-25(23,24)7-14(20)10-3-2-9(19)6-13(10)17/h1-6,14,18-20H,7H2,(H,21,22)/t14-/m1/s1. The van der Waals surface area contributed by atoms with Gasteiger partial charge in [0.05, 0.1) is 22.4 Å². The predicted octanol–water partition coefficient (Wildman–Crippen LogP) is 2.98. The van der Waals surface area contributed by atoms with Gasteiger partial charge in [0.2, 0.25) is 10.0 Å². The Morgan fingerprint density at radius 2 is 1.92 bits per heavy atom. The number of sulfonamides is 1. The van der Waals surface area contributed by atoms with Crippen molar-refractivity contribution in [2.45, 2.75) is 6.10 Å². The zero-order valence-corrected chi connectivity index (χ0v) is 15.6. The molecule has 0 bridgehead atoms. The minimum atomic E-state index is -3.99. The quantitative estimate of drug-likeness (QED) is 0.536. The van der Waals surface area contributed by atoms with Crippen molar-refractivity contribution in [1.29, 1.82) is 0 Å². The van der Waals surface area contributed by atoms with Crippen LogP contribution in [0.2, 0.25) is 5.02 Å². The topological polar surface area (TPSA) is 124 Å². The number of aliphatic hydroxyl groups is 1. The minimum absolute atomic E-state index is 0.0273. The molecule has 2 aromatic rings. The Kier molecular flexibility index (Phi) is 5.94. The van der Waals surface area contributed by atoms with Crippen LogP contribution < -0.4 is 4.72 Å². The van der Waals surface area contributed by atoms with Crippen LogP contribution in [0, 0.1) is 0 Å². The molecular weight excluding hydrogens is 438 g/mol. The smallest absolute Gasteiger partial charge is 0.336 e. The number of aromatic carboxylic acids is 1. The molecule has 0 radical (unpaired) electrons. The average Bonchev–Trinajstić information content (AvgIpc) is 2.47. The SMILES string of the molecule is O=C(O)c1cc(NS(=O)(=O)C[C@@H](O)c2ccc(O)cc2Cl)ccc1Br. The van der Waals surface area contributed by atoms with Gasteiger partial charge < -0.3 is 15.3 Å². The summed E-state index contributed by atoms with van der Waals surface area (Å²) >= 11 is 8.94. The van der Waals surface area contributed by atoms with Gasteiger partial charge in [-0.25, -0.2) is 13.2 Å². The highest BCUT2D eigenvalue weighted by Crippen LogP contribution is 2.28. The van der Waals surface area contributed by atoms with Crippen molar-refractivity contribution >= 4 is 49.2 Å². The number of carboxylic acids is 1. The Bertz CT molecular complexity index is 918. The molecule has 2 rings (SSSR count). The zero-order valence-electron chi connectivity index (χ0n) is 12.5. The van der Waals surface area contributed by atoms with Gasteiger partial charge >= 0.3 is 5.97 Å². The van der Waals surface area contributed by atoms with E-state index in [4.69, 9.17) is 16.7 Å². The van der Waals surface area contributed by atoms with Crippen LogP contribution in [0.3, 0.4) is 0 Å². The van der Waals surface area contributed by atoms with Crippen molar-refractivity contribution in [2.24, 2.45) is 0 Å². The minimum Gasteiger partial charge on any atom is -0.508 e. The molecule has 0 saturated heterocycles. The summed E-state index contributed by atoms with van der Waals surface area (Å²) in [5.74, 6) is -2.03. The van der Waals surface area contributed by atoms with Crippen LogP contribution in [0.4, 0.5) is 5.69 Å². The number of carbonyl (C=O) groups is 1. The Labute approximate surface area is 157 Å². The largest absolute Gasteiger partial charge is 0.508 e. The molecule has 1 atom stereocenters. The van der Waals surface area contributed by atoms with E-state index in [-0.39, 0.29) is 27.6 Å². The normalized spacial score (nSPS) is 12.6. The van der Waals surface area contributed by atoms with Crippen LogP contribution in [0.25, 0.3) is 0 Å². The van der Waals surface area contributed by atoms with Crippen LogP contribution in [0.5, 0.6) is 5.75 Å². The first-order valence-electron chi connectivity index (χ1n) is 6.79. The van der Waals surface area contributed by atoms with Gasteiger partial charge in [-0.1, -0.05) is 17.7 Å². The first kappa shape index (κ1) is 19.5. The Morgan fingerprint density at radius 1 is 1.24 bits per heavy atom. The van der Waals surface area contributed by atoms with E-state index in [0.29, 0.717) is 4.47 Å². The van der Waals surface area contributed by atoms with Crippen molar-refractivity contribution < 1.29 is 28.5 Å². The van der Waals surface area contributed by atoms with E-state index in [1.54, 1.807) is 0 Å². The third-order valence-electron chi connectivity index (χ3n) is 3.19. The molecule has 2 aromatic carbocycles. The molecule has 0 aromatic heterocycles. The number of carboxylic acid groups (broad SMARTS) is 1. The average molecular weight is 451 g/mol. The second-order valence-corrected chi connectivity index (χ2v) is 8.13. The molecule has 25 heavy (non-hydrogen) atoms. The Hall–Kier alpha value is -1.81. The first-order chi connectivity index (χ1) is 11.6. The van der Waals surface area contributed by atoms with Crippen LogP contribution in [0.1, 0.15) is 22.0 Å². The second-order valence-electron chi connectivity index (χ2n) is 5.10. The molecule has 0 aliphatic carbocycles.